The summed E-state index contributed by atoms with van der Waals surface area (Å²) < 4.78 is 0. The van der Waals surface area contributed by atoms with Crippen LogP contribution in [-0.4, -0.2) is 26.8 Å². The summed E-state index contributed by atoms with van der Waals surface area (Å²) in [6, 6.07) is 7.87. The van der Waals surface area contributed by atoms with Crippen LogP contribution in [0.1, 0.15) is 22.6 Å². The summed E-state index contributed by atoms with van der Waals surface area (Å²) in [6.45, 7) is 0. The number of rotatable bonds is 5. The van der Waals surface area contributed by atoms with E-state index in [9.17, 15) is 9.59 Å². The first-order chi connectivity index (χ1) is 10.1. The van der Waals surface area contributed by atoms with Crippen LogP contribution in [0.2, 0.25) is 0 Å². The Morgan fingerprint density at radius 2 is 2.05 bits per heavy atom. The fraction of sp³-hybridized carbons (Fsp3) is 0.133. The summed E-state index contributed by atoms with van der Waals surface area (Å²) in [6.07, 6.45) is 1.68. The van der Waals surface area contributed by atoms with Crippen molar-refractivity contribution in [1.29, 1.82) is 0 Å². The van der Waals surface area contributed by atoms with Crippen LogP contribution in [0.3, 0.4) is 0 Å². The number of carboxylic acids is 1. The van der Waals surface area contributed by atoms with Crippen LogP contribution in [0.4, 0.5) is 0 Å². The Hall–Kier alpha value is -2.47. The maximum atomic E-state index is 11.9. The van der Waals surface area contributed by atoms with Crippen LogP contribution >= 0.6 is 11.3 Å². The predicted octanol–water partition coefficient (Wildman–Crippen LogP) is 3.34. The first-order valence-corrected chi connectivity index (χ1v) is 7.30. The van der Waals surface area contributed by atoms with Crippen LogP contribution in [0, 0.1) is 0 Å². The summed E-state index contributed by atoms with van der Waals surface area (Å²) in [5, 5.41) is 11.8. The number of carbonyl (C=O) groups is 2. The first kappa shape index (κ1) is 13.5. The SMILES string of the molecule is O=C(O)CCC(=O)c1nc(-c2c[nH]c3ccccc23)cs1. The fourth-order valence-electron chi connectivity index (χ4n) is 2.14. The quantitative estimate of drug-likeness (QED) is 0.708. The zero-order valence-electron chi connectivity index (χ0n) is 11.0. The number of fused-ring (bicyclic) bond motifs is 1. The number of benzene rings is 1. The number of aromatic nitrogens is 2. The second kappa shape index (κ2) is 5.49. The maximum Gasteiger partial charge on any atom is 0.303 e. The van der Waals surface area contributed by atoms with Crippen LogP contribution in [0.25, 0.3) is 22.2 Å². The van der Waals surface area contributed by atoms with E-state index in [4.69, 9.17) is 5.11 Å². The number of carboxylic acid groups (broad SMARTS) is 1. The average molecular weight is 300 g/mol. The molecule has 1 aromatic carbocycles. The second-order valence-electron chi connectivity index (χ2n) is 4.60. The van der Waals surface area contributed by atoms with Gasteiger partial charge in [-0.3, -0.25) is 9.59 Å². The molecule has 0 aliphatic rings. The Bertz CT molecular complexity index is 819. The van der Waals surface area contributed by atoms with Crippen molar-refractivity contribution < 1.29 is 14.7 Å². The molecule has 21 heavy (non-hydrogen) atoms. The Kier molecular flexibility index (Phi) is 3.53. The molecular formula is C15H12N2O3S. The Morgan fingerprint density at radius 1 is 1.24 bits per heavy atom. The summed E-state index contributed by atoms with van der Waals surface area (Å²) in [4.78, 5) is 29.9. The van der Waals surface area contributed by atoms with Gasteiger partial charge in [0.05, 0.1) is 12.1 Å². The summed E-state index contributed by atoms with van der Waals surface area (Å²) in [7, 11) is 0. The lowest BCUT2D eigenvalue weighted by molar-refractivity contribution is -0.136. The van der Waals surface area contributed by atoms with Crippen molar-refractivity contribution in [3.63, 3.8) is 0 Å². The molecule has 6 heteroatoms. The van der Waals surface area contributed by atoms with E-state index in [1.807, 2.05) is 35.8 Å². The van der Waals surface area contributed by atoms with Crippen molar-refractivity contribution >= 4 is 34.0 Å². The molecule has 3 aromatic rings. The number of nitrogens with zero attached hydrogens (tertiary/aromatic N) is 1. The lowest BCUT2D eigenvalue weighted by atomic mass is 10.1. The molecule has 0 atom stereocenters. The number of nitrogens with one attached hydrogen (secondary N) is 1. The number of para-hydroxylation sites is 1. The third-order valence-electron chi connectivity index (χ3n) is 3.17. The van der Waals surface area contributed by atoms with E-state index in [1.54, 1.807) is 0 Å². The van der Waals surface area contributed by atoms with Gasteiger partial charge in [-0.05, 0) is 6.07 Å². The van der Waals surface area contributed by atoms with Gasteiger partial charge >= 0.3 is 5.97 Å². The number of ketones is 1. The highest BCUT2D eigenvalue weighted by Gasteiger charge is 2.15. The number of hydrogen-bond acceptors (Lipinski definition) is 4. The van der Waals surface area contributed by atoms with E-state index in [2.05, 4.69) is 9.97 Å². The lowest BCUT2D eigenvalue weighted by Gasteiger charge is -1.95. The van der Waals surface area contributed by atoms with Gasteiger partial charge in [0.2, 0.25) is 0 Å². The van der Waals surface area contributed by atoms with Gasteiger partial charge in [0.15, 0.2) is 10.8 Å². The van der Waals surface area contributed by atoms with E-state index in [1.165, 1.54) is 11.3 Å². The zero-order chi connectivity index (χ0) is 14.8. The monoisotopic (exact) mass is 300 g/mol. The van der Waals surface area contributed by atoms with Crippen molar-refractivity contribution in [3.05, 3.63) is 40.8 Å². The van der Waals surface area contributed by atoms with Crippen LogP contribution in [0.15, 0.2) is 35.8 Å². The number of thiazole rings is 1. The molecule has 0 radical (unpaired) electrons. The largest absolute Gasteiger partial charge is 0.481 e. The van der Waals surface area contributed by atoms with E-state index in [-0.39, 0.29) is 18.6 Å². The van der Waals surface area contributed by atoms with E-state index >= 15 is 0 Å². The molecule has 3 rings (SSSR count). The van der Waals surface area contributed by atoms with Crippen molar-refractivity contribution in [2.45, 2.75) is 12.8 Å². The fourth-order valence-corrected chi connectivity index (χ4v) is 2.92. The molecule has 106 valence electrons. The van der Waals surface area contributed by atoms with Crippen LogP contribution in [0.5, 0.6) is 0 Å². The smallest absolute Gasteiger partial charge is 0.303 e. The minimum Gasteiger partial charge on any atom is -0.481 e. The Balaban J connectivity index is 1.88. The zero-order valence-corrected chi connectivity index (χ0v) is 11.8. The van der Waals surface area contributed by atoms with Crippen molar-refractivity contribution in [2.24, 2.45) is 0 Å². The number of aromatic amines is 1. The molecule has 0 aliphatic carbocycles. The molecule has 5 nitrogen and oxygen atoms in total. The third kappa shape index (κ3) is 2.71. The highest BCUT2D eigenvalue weighted by atomic mass is 32.1. The molecule has 2 heterocycles. The topological polar surface area (TPSA) is 83.0 Å². The van der Waals surface area contributed by atoms with Gasteiger partial charge in [0, 0.05) is 34.5 Å². The summed E-state index contributed by atoms with van der Waals surface area (Å²) in [5.74, 6) is -1.20. The first-order valence-electron chi connectivity index (χ1n) is 6.42. The van der Waals surface area contributed by atoms with E-state index in [0.717, 1.165) is 22.2 Å². The third-order valence-corrected chi connectivity index (χ3v) is 4.06. The molecule has 0 fully saturated rings. The van der Waals surface area contributed by atoms with Crippen LogP contribution < -0.4 is 0 Å². The van der Waals surface area contributed by atoms with Crippen molar-refractivity contribution in [1.82, 2.24) is 9.97 Å². The molecule has 2 aromatic heterocycles. The van der Waals surface area contributed by atoms with Gasteiger partial charge in [-0.15, -0.1) is 11.3 Å². The Labute approximate surface area is 124 Å². The minimum absolute atomic E-state index is 0.0177. The molecule has 0 unspecified atom stereocenters. The normalized spacial score (nSPS) is 10.9. The van der Waals surface area contributed by atoms with Gasteiger partial charge in [-0.25, -0.2) is 4.98 Å². The predicted molar refractivity (Wildman–Crippen MR) is 80.6 cm³/mol. The lowest BCUT2D eigenvalue weighted by Crippen LogP contribution is -2.03. The number of carbonyl (C=O) groups excluding carboxylic acids is 1. The van der Waals surface area contributed by atoms with Gasteiger partial charge in [-0.1, -0.05) is 18.2 Å². The standard InChI is InChI=1S/C15H12N2O3S/c18-13(5-6-14(19)20)15-17-12(8-21-15)10-7-16-11-4-2-1-3-9(10)11/h1-4,7-8,16H,5-6H2,(H,19,20). The molecular weight excluding hydrogens is 288 g/mol. The molecule has 0 bridgehead atoms. The van der Waals surface area contributed by atoms with E-state index in [0.29, 0.717) is 5.01 Å². The molecule has 0 saturated carbocycles. The van der Waals surface area contributed by atoms with Gasteiger partial charge in [0.25, 0.3) is 0 Å². The van der Waals surface area contributed by atoms with Crippen molar-refractivity contribution in [3.8, 4) is 11.3 Å². The summed E-state index contributed by atoms with van der Waals surface area (Å²) in [5.41, 5.74) is 2.69. The van der Waals surface area contributed by atoms with Gasteiger partial charge in [-0.2, -0.15) is 0 Å². The molecule has 0 amide bonds. The highest BCUT2D eigenvalue weighted by Crippen LogP contribution is 2.29. The average Bonchev–Trinajstić information content (AvgIpc) is 3.10. The highest BCUT2D eigenvalue weighted by molar-refractivity contribution is 7.12. The molecule has 0 aliphatic heterocycles. The number of H-pyrrole nitrogens is 1. The maximum absolute atomic E-state index is 11.9. The molecule has 0 spiro atoms. The molecule has 2 N–H and O–H groups in total. The number of hydrogen-bond donors (Lipinski definition) is 2. The molecule has 0 saturated heterocycles. The Morgan fingerprint density at radius 3 is 2.86 bits per heavy atom. The minimum atomic E-state index is -0.975. The number of aliphatic carboxylic acids is 1. The van der Waals surface area contributed by atoms with Crippen LogP contribution in [-0.2, 0) is 4.79 Å². The summed E-state index contributed by atoms with van der Waals surface area (Å²) >= 11 is 1.25. The van der Waals surface area contributed by atoms with Gasteiger partial charge < -0.3 is 10.1 Å². The van der Waals surface area contributed by atoms with Gasteiger partial charge in [0.1, 0.15) is 0 Å². The second-order valence-corrected chi connectivity index (χ2v) is 5.46. The van der Waals surface area contributed by atoms with Crippen molar-refractivity contribution in [2.75, 3.05) is 0 Å². The van der Waals surface area contributed by atoms with E-state index < -0.39 is 5.97 Å². The number of Topliss-reactive ketones (excluding diaryl/α,β-unsaturated/α-hetero) is 1.